The number of hydrogen-bond donors (Lipinski definition) is 5. The first-order valence-electron chi connectivity index (χ1n) is 19.8. The van der Waals surface area contributed by atoms with Gasteiger partial charge in [-0.05, 0) is 55.2 Å². The van der Waals surface area contributed by atoms with E-state index in [2.05, 4.69) is 25.9 Å². The number of piperidine rings is 2. The third kappa shape index (κ3) is 8.39. The van der Waals surface area contributed by atoms with Gasteiger partial charge in [-0.25, -0.2) is 8.78 Å². The number of hydrogen-bond acceptors (Lipinski definition) is 13. The number of carbonyl (C=O) groups excluding carboxylic acids is 3. The predicted molar refractivity (Wildman–Crippen MR) is 220 cm³/mol. The maximum atomic E-state index is 15.4. The van der Waals surface area contributed by atoms with Crippen molar-refractivity contribution in [2.45, 2.75) is 50.4 Å². The highest BCUT2D eigenvalue weighted by atomic mass is 19.1. The quantitative estimate of drug-likeness (QED) is 0.0822. The van der Waals surface area contributed by atoms with Crippen molar-refractivity contribution < 1.29 is 38.1 Å². The molecule has 3 fully saturated rings. The number of carbonyl (C=O) groups is 3. The number of ether oxygens (including phenoxy) is 1. The molecule has 0 bridgehead atoms. The van der Waals surface area contributed by atoms with Crippen LogP contribution in [-0.4, -0.2) is 113 Å². The lowest BCUT2D eigenvalue weighted by molar-refractivity contribution is -0.136. The molecule has 4 aliphatic rings. The first kappa shape index (κ1) is 40.4. The third-order valence-electron chi connectivity index (χ3n) is 11.3. The van der Waals surface area contributed by atoms with E-state index in [0.29, 0.717) is 80.3 Å². The zero-order chi connectivity index (χ0) is 41.9. The Kier molecular flexibility index (Phi) is 11.8. The van der Waals surface area contributed by atoms with Gasteiger partial charge < -0.3 is 26.0 Å². The van der Waals surface area contributed by atoms with Crippen molar-refractivity contribution in [3.63, 3.8) is 0 Å². The summed E-state index contributed by atoms with van der Waals surface area (Å²) in [6.07, 6.45) is 6.34. The van der Waals surface area contributed by atoms with Crippen LogP contribution in [0.15, 0.2) is 80.5 Å². The SMILES string of the molecule is NC=C(C=NC1CCN(CC(=O)N=Nc2cccc3c(O)n(C4CCC(=O)NC4=O)c(O)c23)CC1)C1C=Nc2cccc(-c3cc(F)c(CN4CCOCC4)c(F)c3)c2N1. The summed E-state index contributed by atoms with van der Waals surface area (Å²) in [7, 11) is 0. The molecule has 18 heteroatoms. The van der Waals surface area contributed by atoms with Crippen LogP contribution in [-0.2, 0) is 25.7 Å². The Hall–Kier alpha value is -6.37. The van der Waals surface area contributed by atoms with E-state index in [1.807, 2.05) is 15.9 Å². The molecule has 6 N–H and O–H groups in total. The standard InChI is InChI=1S/C42H44F2N10O6/c43-30-17-24(18-31(44)29(30)22-53-13-15-60-16-14-53)27-3-1-6-33-39(27)48-34(21-47-33)25(19-45)20-46-26-9-11-52(12-10-26)23-37(56)51-50-32-5-2-4-28-38(32)42(59)54(41(28)58)35-7-8-36(55)49-40(35)57/h1-6,17-21,26,34-35,48,58-59H,7-16,22-23,45H2,(H,49,55,57). The molecule has 3 amide bonds. The maximum Gasteiger partial charge on any atom is 0.278 e. The number of benzene rings is 3. The molecule has 2 unspecified atom stereocenters. The number of nitrogens with zero attached hydrogens (tertiary/aromatic N) is 7. The van der Waals surface area contributed by atoms with Crippen molar-refractivity contribution in [2.75, 3.05) is 51.3 Å². The molecular formula is C42H44F2N10O6. The van der Waals surface area contributed by atoms with E-state index in [0.717, 1.165) is 4.57 Å². The largest absolute Gasteiger partial charge is 0.494 e. The van der Waals surface area contributed by atoms with Crippen molar-refractivity contribution in [1.29, 1.82) is 0 Å². The summed E-state index contributed by atoms with van der Waals surface area (Å²) < 4.78 is 37.2. The molecule has 60 heavy (non-hydrogen) atoms. The summed E-state index contributed by atoms with van der Waals surface area (Å²) in [6.45, 7) is 3.60. The second-order valence-electron chi connectivity index (χ2n) is 15.1. The van der Waals surface area contributed by atoms with E-state index < -0.39 is 47.3 Å². The van der Waals surface area contributed by atoms with E-state index in [9.17, 15) is 24.6 Å². The number of aromatic hydroxyl groups is 2. The van der Waals surface area contributed by atoms with Crippen LogP contribution in [0.2, 0.25) is 0 Å². The fraction of sp³-hybridized carbons (Fsp3) is 0.357. The first-order chi connectivity index (χ1) is 29.1. The number of nitrogens with one attached hydrogen (secondary N) is 2. The summed E-state index contributed by atoms with van der Waals surface area (Å²) in [5, 5.41) is 35.9. The minimum Gasteiger partial charge on any atom is -0.494 e. The van der Waals surface area contributed by atoms with Gasteiger partial charge in [0.05, 0.1) is 54.3 Å². The minimum absolute atomic E-state index is 0.00693. The van der Waals surface area contributed by atoms with Crippen molar-refractivity contribution >= 4 is 58.0 Å². The fourth-order valence-electron chi connectivity index (χ4n) is 8.05. The molecule has 4 aliphatic heterocycles. The Labute approximate surface area is 343 Å². The summed E-state index contributed by atoms with van der Waals surface area (Å²) in [4.78, 5) is 50.4. The van der Waals surface area contributed by atoms with Gasteiger partial charge in [-0.15, -0.1) is 10.2 Å². The average Bonchev–Trinajstić information content (AvgIpc) is 3.51. The van der Waals surface area contributed by atoms with Crippen LogP contribution >= 0.6 is 0 Å². The van der Waals surface area contributed by atoms with Crippen molar-refractivity contribution in [3.05, 3.63) is 77.5 Å². The van der Waals surface area contributed by atoms with Crippen LogP contribution in [0.5, 0.6) is 11.8 Å². The summed E-state index contributed by atoms with van der Waals surface area (Å²) >= 11 is 0. The minimum atomic E-state index is -1.00. The molecule has 8 rings (SSSR count). The Morgan fingerprint density at radius 3 is 2.47 bits per heavy atom. The summed E-state index contributed by atoms with van der Waals surface area (Å²) in [5.74, 6) is -3.60. The number of halogens is 2. The van der Waals surface area contributed by atoms with Crippen LogP contribution in [0.4, 0.5) is 25.8 Å². The molecule has 0 saturated carbocycles. The number of anilines is 1. The normalized spacial score (nSPS) is 20.9. The summed E-state index contributed by atoms with van der Waals surface area (Å²) in [6, 6.07) is 11.3. The molecule has 0 radical (unpaired) electrons. The van der Waals surface area contributed by atoms with Crippen LogP contribution in [0.25, 0.3) is 21.9 Å². The van der Waals surface area contributed by atoms with E-state index in [1.165, 1.54) is 24.4 Å². The zero-order valence-corrected chi connectivity index (χ0v) is 32.6. The topological polar surface area (TPSA) is 212 Å². The molecule has 4 aromatic rings. The van der Waals surface area contributed by atoms with Crippen molar-refractivity contribution in [2.24, 2.45) is 25.9 Å². The molecule has 0 spiro atoms. The van der Waals surface area contributed by atoms with Gasteiger partial charge in [-0.1, -0.05) is 18.2 Å². The van der Waals surface area contributed by atoms with E-state index in [4.69, 9.17) is 15.5 Å². The highest BCUT2D eigenvalue weighted by Crippen LogP contribution is 2.45. The second kappa shape index (κ2) is 17.5. The number of nitrogens with two attached hydrogens (primary N) is 1. The Bertz CT molecular complexity index is 2430. The van der Waals surface area contributed by atoms with Crippen molar-refractivity contribution in [1.82, 2.24) is 19.7 Å². The lowest BCUT2D eigenvalue weighted by atomic mass is 9.97. The number of para-hydroxylation sites is 1. The van der Waals surface area contributed by atoms with Gasteiger partial charge in [0.2, 0.25) is 23.6 Å². The molecule has 0 aliphatic carbocycles. The average molecular weight is 823 g/mol. The van der Waals surface area contributed by atoms with Gasteiger partial charge in [-0.3, -0.25) is 44.1 Å². The smallest absolute Gasteiger partial charge is 0.278 e. The van der Waals surface area contributed by atoms with Gasteiger partial charge in [0, 0.05) is 79.9 Å². The lowest BCUT2D eigenvalue weighted by Gasteiger charge is -2.29. The number of azo groups is 1. The number of fused-ring (bicyclic) bond motifs is 2. The Balaban J connectivity index is 0.870. The van der Waals surface area contributed by atoms with E-state index >= 15 is 8.78 Å². The third-order valence-corrected chi connectivity index (χ3v) is 11.3. The molecule has 1 aromatic heterocycles. The van der Waals surface area contributed by atoms with E-state index in [1.54, 1.807) is 36.7 Å². The molecule has 312 valence electrons. The van der Waals surface area contributed by atoms with Gasteiger partial charge in [-0.2, -0.15) is 0 Å². The Morgan fingerprint density at radius 1 is 0.983 bits per heavy atom. The Morgan fingerprint density at radius 2 is 1.73 bits per heavy atom. The molecule has 3 saturated heterocycles. The van der Waals surface area contributed by atoms with Gasteiger partial charge >= 0.3 is 0 Å². The molecule has 16 nitrogen and oxygen atoms in total. The zero-order valence-electron chi connectivity index (χ0n) is 32.6. The predicted octanol–water partition coefficient (Wildman–Crippen LogP) is 4.99. The number of amides is 3. The molecular weight excluding hydrogens is 779 g/mol. The highest BCUT2D eigenvalue weighted by Gasteiger charge is 2.33. The number of likely N-dealkylation sites (tertiary alicyclic amines) is 1. The first-order valence-corrected chi connectivity index (χ1v) is 19.8. The number of morpholine rings is 1. The van der Waals surface area contributed by atoms with Crippen LogP contribution in [0, 0.1) is 11.6 Å². The van der Waals surface area contributed by atoms with Gasteiger partial charge in [0.1, 0.15) is 17.7 Å². The molecule has 2 atom stereocenters. The van der Waals surface area contributed by atoms with E-state index in [-0.39, 0.29) is 59.9 Å². The highest BCUT2D eigenvalue weighted by molar-refractivity contribution is 6.04. The molecule has 5 heterocycles. The number of rotatable bonds is 10. The second-order valence-corrected chi connectivity index (χ2v) is 15.1. The maximum absolute atomic E-state index is 15.4. The van der Waals surface area contributed by atoms with Gasteiger partial charge in [0.25, 0.3) is 5.91 Å². The number of imide groups is 1. The lowest BCUT2D eigenvalue weighted by Crippen LogP contribution is -2.41. The molecule has 3 aromatic carbocycles. The number of aromatic nitrogens is 1. The van der Waals surface area contributed by atoms with Crippen LogP contribution in [0.1, 0.15) is 37.3 Å². The van der Waals surface area contributed by atoms with Crippen LogP contribution in [0.3, 0.4) is 0 Å². The fourth-order valence-corrected chi connectivity index (χ4v) is 8.05. The van der Waals surface area contributed by atoms with Crippen LogP contribution < -0.4 is 16.4 Å². The van der Waals surface area contributed by atoms with Gasteiger partial charge in [0.15, 0.2) is 0 Å². The monoisotopic (exact) mass is 822 g/mol. The summed E-state index contributed by atoms with van der Waals surface area (Å²) in [5.41, 5.74) is 9.10. The number of aliphatic imine (C=N–C) groups is 2. The van der Waals surface area contributed by atoms with Crippen molar-refractivity contribution in [3.8, 4) is 22.9 Å².